The number of para-hydroxylation sites is 1. The number of benzene rings is 2. The molecule has 1 aliphatic rings. The molecule has 1 unspecified atom stereocenters. The highest BCUT2D eigenvalue weighted by Crippen LogP contribution is 2.37. The summed E-state index contributed by atoms with van der Waals surface area (Å²) in [4.78, 5) is 2.40. The van der Waals surface area contributed by atoms with Crippen LogP contribution in [0.25, 0.3) is 0 Å². The Bertz CT molecular complexity index is 562. The van der Waals surface area contributed by atoms with E-state index in [-0.39, 0.29) is 6.61 Å². The van der Waals surface area contributed by atoms with Gasteiger partial charge in [-0.05, 0) is 49.1 Å². The number of anilines is 2. The molecule has 0 aromatic heterocycles. The minimum absolute atomic E-state index is 0.211. The van der Waals surface area contributed by atoms with Crippen LogP contribution in [0.5, 0.6) is 0 Å². The summed E-state index contributed by atoms with van der Waals surface area (Å²) in [6, 6.07) is 17.7. The Morgan fingerprint density at radius 2 is 1.84 bits per heavy atom. The normalized spacial score (nSPS) is 17.6. The average molecular weight is 253 g/mol. The van der Waals surface area contributed by atoms with E-state index in [0.29, 0.717) is 6.04 Å². The van der Waals surface area contributed by atoms with Crippen LogP contribution in [-0.4, -0.2) is 17.8 Å². The molecule has 2 aromatic carbocycles. The summed E-state index contributed by atoms with van der Waals surface area (Å²) in [7, 11) is 0. The summed E-state index contributed by atoms with van der Waals surface area (Å²) >= 11 is 0. The lowest BCUT2D eigenvalue weighted by Gasteiger charge is -2.25. The first kappa shape index (κ1) is 12.2. The van der Waals surface area contributed by atoms with Gasteiger partial charge in [-0.15, -0.1) is 0 Å². The van der Waals surface area contributed by atoms with Crippen molar-refractivity contribution in [2.24, 2.45) is 0 Å². The van der Waals surface area contributed by atoms with Gasteiger partial charge in [0.15, 0.2) is 0 Å². The fourth-order valence-corrected chi connectivity index (χ4v) is 2.91. The first-order chi connectivity index (χ1) is 9.29. The lowest BCUT2D eigenvalue weighted by atomic mass is 10.1. The number of nitrogens with zero attached hydrogens (tertiary/aromatic N) is 1. The van der Waals surface area contributed by atoms with Crippen LogP contribution in [0.3, 0.4) is 0 Å². The highest BCUT2D eigenvalue weighted by Gasteiger charge is 2.26. The Kier molecular flexibility index (Phi) is 3.26. The van der Waals surface area contributed by atoms with E-state index in [4.69, 9.17) is 5.11 Å². The van der Waals surface area contributed by atoms with Crippen LogP contribution in [0.2, 0.25) is 0 Å². The number of aliphatic hydroxyl groups excluding tert-OH is 1. The maximum absolute atomic E-state index is 8.96. The minimum Gasteiger partial charge on any atom is -0.396 e. The van der Waals surface area contributed by atoms with Gasteiger partial charge in [-0.3, -0.25) is 0 Å². The van der Waals surface area contributed by atoms with Gasteiger partial charge < -0.3 is 10.0 Å². The predicted molar refractivity (Wildman–Crippen MR) is 79.0 cm³/mol. The van der Waals surface area contributed by atoms with Crippen molar-refractivity contribution < 1.29 is 5.11 Å². The van der Waals surface area contributed by atoms with E-state index in [0.717, 1.165) is 12.8 Å². The molecular weight excluding hydrogens is 234 g/mol. The largest absolute Gasteiger partial charge is 0.396 e. The van der Waals surface area contributed by atoms with Crippen molar-refractivity contribution in [2.45, 2.75) is 25.8 Å². The summed E-state index contributed by atoms with van der Waals surface area (Å²) in [5.74, 6) is 0. The summed E-state index contributed by atoms with van der Waals surface area (Å²) in [5, 5.41) is 8.96. The minimum atomic E-state index is 0.211. The fraction of sp³-hybridized carbons (Fsp3) is 0.294. The quantitative estimate of drug-likeness (QED) is 0.907. The predicted octanol–water partition coefficient (Wildman–Crippen LogP) is 3.30. The van der Waals surface area contributed by atoms with Crippen molar-refractivity contribution in [3.63, 3.8) is 0 Å². The van der Waals surface area contributed by atoms with Gasteiger partial charge in [-0.1, -0.05) is 30.3 Å². The van der Waals surface area contributed by atoms with Crippen LogP contribution in [0.15, 0.2) is 48.5 Å². The molecule has 2 aromatic rings. The zero-order valence-corrected chi connectivity index (χ0v) is 11.2. The van der Waals surface area contributed by atoms with Gasteiger partial charge in [0.25, 0.3) is 0 Å². The van der Waals surface area contributed by atoms with Gasteiger partial charge in [0, 0.05) is 24.0 Å². The third kappa shape index (κ3) is 2.24. The third-order valence-corrected chi connectivity index (χ3v) is 3.82. The van der Waals surface area contributed by atoms with Crippen LogP contribution >= 0.6 is 0 Å². The van der Waals surface area contributed by atoms with Gasteiger partial charge in [0.1, 0.15) is 0 Å². The molecular formula is C17H19NO. The number of aliphatic hydroxyl groups is 1. The second kappa shape index (κ2) is 5.06. The number of rotatable bonds is 3. The van der Waals surface area contributed by atoms with Gasteiger partial charge in [-0.2, -0.15) is 0 Å². The molecule has 0 aliphatic carbocycles. The number of fused-ring (bicyclic) bond motifs is 1. The first-order valence-corrected chi connectivity index (χ1v) is 6.86. The van der Waals surface area contributed by atoms with Crippen LogP contribution in [0, 0.1) is 0 Å². The van der Waals surface area contributed by atoms with Gasteiger partial charge in [0.05, 0.1) is 0 Å². The molecule has 2 nitrogen and oxygen atoms in total. The van der Waals surface area contributed by atoms with E-state index in [9.17, 15) is 0 Å². The van der Waals surface area contributed by atoms with Crippen molar-refractivity contribution in [1.29, 1.82) is 0 Å². The van der Waals surface area contributed by atoms with Crippen LogP contribution in [0.4, 0.5) is 11.4 Å². The molecule has 1 heterocycles. The highest BCUT2D eigenvalue weighted by atomic mass is 16.2. The summed E-state index contributed by atoms with van der Waals surface area (Å²) < 4.78 is 0. The molecule has 1 aliphatic heterocycles. The molecule has 0 spiro atoms. The molecule has 0 fully saturated rings. The standard InChI is InChI=1S/C17H19NO/c1-13-12-15-4-2-3-5-17(15)18(13)16-8-6-14(7-9-16)10-11-19/h2-9,13,19H,10-12H2,1H3. The molecule has 1 N–H and O–H groups in total. The van der Waals surface area contributed by atoms with Crippen molar-refractivity contribution >= 4 is 11.4 Å². The molecule has 19 heavy (non-hydrogen) atoms. The van der Waals surface area contributed by atoms with Crippen molar-refractivity contribution in [3.05, 3.63) is 59.7 Å². The first-order valence-electron chi connectivity index (χ1n) is 6.86. The second-order valence-electron chi connectivity index (χ2n) is 5.19. The molecule has 98 valence electrons. The Morgan fingerprint density at radius 1 is 1.11 bits per heavy atom. The van der Waals surface area contributed by atoms with E-state index in [1.807, 2.05) is 0 Å². The Morgan fingerprint density at radius 3 is 2.58 bits per heavy atom. The molecule has 3 rings (SSSR count). The molecule has 0 amide bonds. The molecule has 1 atom stereocenters. The van der Waals surface area contributed by atoms with Gasteiger partial charge >= 0.3 is 0 Å². The SMILES string of the molecule is CC1Cc2ccccc2N1c1ccc(CCO)cc1. The second-order valence-corrected chi connectivity index (χ2v) is 5.19. The summed E-state index contributed by atoms with van der Waals surface area (Å²) in [5.41, 5.74) is 5.17. The van der Waals surface area contributed by atoms with Crippen molar-refractivity contribution in [3.8, 4) is 0 Å². The van der Waals surface area contributed by atoms with E-state index in [2.05, 4.69) is 60.4 Å². The zero-order chi connectivity index (χ0) is 13.2. The fourth-order valence-electron chi connectivity index (χ4n) is 2.91. The van der Waals surface area contributed by atoms with Crippen molar-refractivity contribution in [2.75, 3.05) is 11.5 Å². The Balaban J connectivity index is 1.93. The van der Waals surface area contributed by atoms with Gasteiger partial charge in [-0.25, -0.2) is 0 Å². The van der Waals surface area contributed by atoms with E-state index in [1.54, 1.807) is 0 Å². The Hall–Kier alpha value is -1.80. The van der Waals surface area contributed by atoms with Crippen molar-refractivity contribution in [1.82, 2.24) is 0 Å². The van der Waals surface area contributed by atoms with Crippen LogP contribution < -0.4 is 4.90 Å². The maximum atomic E-state index is 8.96. The van der Waals surface area contributed by atoms with E-state index < -0.39 is 0 Å². The lowest BCUT2D eigenvalue weighted by molar-refractivity contribution is 0.299. The van der Waals surface area contributed by atoms with E-state index >= 15 is 0 Å². The highest BCUT2D eigenvalue weighted by molar-refractivity contribution is 5.71. The monoisotopic (exact) mass is 253 g/mol. The third-order valence-electron chi connectivity index (χ3n) is 3.82. The Labute approximate surface area is 114 Å². The number of hydrogen-bond acceptors (Lipinski definition) is 2. The lowest BCUT2D eigenvalue weighted by Crippen LogP contribution is -2.23. The van der Waals surface area contributed by atoms with Crippen LogP contribution in [-0.2, 0) is 12.8 Å². The summed E-state index contributed by atoms with van der Waals surface area (Å²) in [6.07, 6.45) is 1.83. The van der Waals surface area contributed by atoms with E-state index in [1.165, 1.54) is 22.5 Å². The molecule has 0 radical (unpaired) electrons. The molecule has 2 heteroatoms. The molecule has 0 bridgehead atoms. The summed E-state index contributed by atoms with van der Waals surface area (Å²) in [6.45, 7) is 2.48. The molecule has 0 saturated heterocycles. The number of hydrogen-bond donors (Lipinski definition) is 1. The zero-order valence-electron chi connectivity index (χ0n) is 11.2. The van der Waals surface area contributed by atoms with Crippen LogP contribution in [0.1, 0.15) is 18.1 Å². The molecule has 0 saturated carbocycles. The maximum Gasteiger partial charge on any atom is 0.0471 e. The smallest absolute Gasteiger partial charge is 0.0471 e. The van der Waals surface area contributed by atoms with Gasteiger partial charge in [0.2, 0.25) is 0 Å². The average Bonchev–Trinajstić information content (AvgIpc) is 2.76. The topological polar surface area (TPSA) is 23.5 Å².